The molecule has 0 radical (unpaired) electrons. The van der Waals surface area contributed by atoms with Gasteiger partial charge >= 0.3 is 0 Å². The zero-order valence-electron chi connectivity index (χ0n) is 11.4. The van der Waals surface area contributed by atoms with Gasteiger partial charge in [-0.15, -0.1) is 0 Å². The number of pyridine rings is 1. The van der Waals surface area contributed by atoms with Gasteiger partial charge in [-0.05, 0) is 44.2 Å². The maximum absolute atomic E-state index is 4.56. The number of nitrogens with zero attached hydrogens (tertiary/aromatic N) is 2. The highest BCUT2D eigenvalue weighted by Crippen LogP contribution is 2.43. The number of hydrogen-bond acceptors (Lipinski definition) is 3. The van der Waals surface area contributed by atoms with Gasteiger partial charge in [0.1, 0.15) is 0 Å². The van der Waals surface area contributed by atoms with Gasteiger partial charge < -0.3 is 5.32 Å². The molecule has 2 aliphatic rings. The van der Waals surface area contributed by atoms with Crippen molar-refractivity contribution in [1.82, 2.24) is 15.2 Å². The van der Waals surface area contributed by atoms with Gasteiger partial charge in [0.05, 0.1) is 5.69 Å². The molecule has 1 aliphatic carbocycles. The molecule has 3 nitrogen and oxygen atoms in total. The molecule has 3 heteroatoms. The summed E-state index contributed by atoms with van der Waals surface area (Å²) in [5.74, 6) is 0.884. The second-order valence-corrected chi connectivity index (χ2v) is 6.00. The first-order chi connectivity index (χ1) is 8.70. The summed E-state index contributed by atoms with van der Waals surface area (Å²) < 4.78 is 0. The van der Waals surface area contributed by atoms with E-state index in [0.29, 0.717) is 5.54 Å². The third kappa shape index (κ3) is 2.17. The Morgan fingerprint density at radius 1 is 1.50 bits per heavy atom. The monoisotopic (exact) mass is 245 g/mol. The van der Waals surface area contributed by atoms with Crippen molar-refractivity contribution in [3.05, 3.63) is 29.6 Å². The Labute approximate surface area is 110 Å². The van der Waals surface area contributed by atoms with E-state index in [1.54, 1.807) is 0 Å². The average molecular weight is 245 g/mol. The van der Waals surface area contributed by atoms with E-state index in [1.807, 2.05) is 12.3 Å². The molecule has 0 aromatic carbocycles. The summed E-state index contributed by atoms with van der Waals surface area (Å²) in [4.78, 5) is 7.20. The summed E-state index contributed by atoms with van der Waals surface area (Å²) in [7, 11) is 0. The van der Waals surface area contributed by atoms with Crippen LogP contribution in [0.25, 0.3) is 0 Å². The van der Waals surface area contributed by atoms with E-state index >= 15 is 0 Å². The van der Waals surface area contributed by atoms with Crippen molar-refractivity contribution in [3.63, 3.8) is 0 Å². The summed E-state index contributed by atoms with van der Waals surface area (Å²) in [5, 5.41) is 3.56. The molecule has 1 saturated carbocycles. The molecule has 98 valence electrons. The van der Waals surface area contributed by atoms with Gasteiger partial charge in [0.25, 0.3) is 0 Å². The molecule has 1 aromatic heterocycles. The van der Waals surface area contributed by atoms with Crippen LogP contribution in [0.4, 0.5) is 0 Å². The number of nitrogens with one attached hydrogen (secondary N) is 1. The van der Waals surface area contributed by atoms with Gasteiger partial charge in [-0.1, -0.05) is 6.07 Å². The number of rotatable bonds is 3. The molecular weight excluding hydrogens is 222 g/mol. The van der Waals surface area contributed by atoms with Crippen LogP contribution >= 0.6 is 0 Å². The minimum atomic E-state index is 0.336. The van der Waals surface area contributed by atoms with Crippen LogP contribution in [0, 0.1) is 12.8 Å². The summed E-state index contributed by atoms with van der Waals surface area (Å²) in [5.41, 5.74) is 2.89. The molecular formula is C15H23N3. The number of aryl methyl sites for hydroxylation is 1. The van der Waals surface area contributed by atoms with E-state index in [2.05, 4.69) is 35.1 Å². The van der Waals surface area contributed by atoms with E-state index in [1.165, 1.54) is 24.1 Å². The Morgan fingerprint density at radius 3 is 3.06 bits per heavy atom. The summed E-state index contributed by atoms with van der Waals surface area (Å²) in [6.07, 6.45) is 4.71. The average Bonchev–Trinajstić information content (AvgIpc) is 3.19. The second kappa shape index (κ2) is 4.63. The highest BCUT2D eigenvalue weighted by Gasteiger charge is 2.46. The van der Waals surface area contributed by atoms with Crippen molar-refractivity contribution in [2.24, 2.45) is 5.92 Å². The van der Waals surface area contributed by atoms with Crippen LogP contribution in [0.5, 0.6) is 0 Å². The predicted molar refractivity (Wildman–Crippen MR) is 73.4 cm³/mol. The Morgan fingerprint density at radius 2 is 2.33 bits per heavy atom. The van der Waals surface area contributed by atoms with E-state index in [0.717, 1.165) is 32.1 Å². The fraction of sp³-hybridized carbons (Fsp3) is 0.667. The largest absolute Gasteiger partial charge is 0.314 e. The van der Waals surface area contributed by atoms with E-state index < -0.39 is 0 Å². The first-order valence-electron chi connectivity index (χ1n) is 7.06. The van der Waals surface area contributed by atoms with Gasteiger partial charge in [-0.3, -0.25) is 9.88 Å². The first kappa shape index (κ1) is 12.1. The van der Waals surface area contributed by atoms with Crippen LogP contribution in [0.2, 0.25) is 0 Å². The fourth-order valence-electron chi connectivity index (χ4n) is 3.15. The van der Waals surface area contributed by atoms with Crippen LogP contribution in [-0.4, -0.2) is 35.1 Å². The molecule has 1 aliphatic heterocycles. The minimum absolute atomic E-state index is 0.336. The Hall–Kier alpha value is -0.930. The quantitative estimate of drug-likeness (QED) is 0.882. The Bertz CT molecular complexity index is 428. The van der Waals surface area contributed by atoms with Crippen LogP contribution in [0.1, 0.15) is 31.0 Å². The van der Waals surface area contributed by atoms with Gasteiger partial charge in [0.15, 0.2) is 0 Å². The van der Waals surface area contributed by atoms with Gasteiger partial charge in [-0.2, -0.15) is 0 Å². The second-order valence-electron chi connectivity index (χ2n) is 6.00. The smallest absolute Gasteiger partial charge is 0.0573 e. The van der Waals surface area contributed by atoms with E-state index in [-0.39, 0.29) is 0 Å². The molecule has 1 aromatic rings. The number of hydrogen-bond donors (Lipinski definition) is 1. The molecule has 18 heavy (non-hydrogen) atoms. The lowest BCUT2D eigenvalue weighted by Crippen LogP contribution is -2.60. The summed E-state index contributed by atoms with van der Waals surface area (Å²) in [6, 6.07) is 4.19. The SMILES string of the molecule is Cc1cccnc1CN1CCNCC1(C)C1CC1. The normalized spacial score (nSPS) is 29.4. The van der Waals surface area contributed by atoms with E-state index in [4.69, 9.17) is 0 Å². The highest BCUT2D eigenvalue weighted by atomic mass is 15.3. The van der Waals surface area contributed by atoms with Crippen molar-refractivity contribution in [2.45, 2.75) is 38.8 Å². The van der Waals surface area contributed by atoms with Crippen LogP contribution < -0.4 is 5.32 Å². The van der Waals surface area contributed by atoms with Crippen molar-refractivity contribution in [1.29, 1.82) is 0 Å². The fourth-order valence-corrected chi connectivity index (χ4v) is 3.15. The van der Waals surface area contributed by atoms with E-state index in [9.17, 15) is 0 Å². The van der Waals surface area contributed by atoms with Crippen molar-refractivity contribution >= 4 is 0 Å². The summed E-state index contributed by atoms with van der Waals surface area (Å²) in [6.45, 7) is 8.97. The summed E-state index contributed by atoms with van der Waals surface area (Å²) >= 11 is 0. The lowest BCUT2D eigenvalue weighted by atomic mass is 9.91. The van der Waals surface area contributed by atoms with Gasteiger partial charge in [-0.25, -0.2) is 0 Å². The molecule has 0 bridgehead atoms. The first-order valence-corrected chi connectivity index (χ1v) is 7.06. The van der Waals surface area contributed by atoms with Crippen molar-refractivity contribution in [3.8, 4) is 0 Å². The number of piperazine rings is 1. The Balaban J connectivity index is 1.79. The number of aromatic nitrogens is 1. The molecule has 0 amide bonds. The maximum Gasteiger partial charge on any atom is 0.0573 e. The van der Waals surface area contributed by atoms with Gasteiger partial charge in [0, 0.05) is 37.9 Å². The van der Waals surface area contributed by atoms with Crippen LogP contribution in [0.3, 0.4) is 0 Å². The third-order valence-electron chi connectivity index (χ3n) is 4.68. The molecule has 3 rings (SSSR count). The lowest BCUT2D eigenvalue weighted by Gasteiger charge is -2.46. The van der Waals surface area contributed by atoms with Crippen molar-refractivity contribution < 1.29 is 0 Å². The minimum Gasteiger partial charge on any atom is -0.314 e. The highest BCUT2D eigenvalue weighted by molar-refractivity contribution is 5.18. The third-order valence-corrected chi connectivity index (χ3v) is 4.68. The molecule has 1 N–H and O–H groups in total. The van der Waals surface area contributed by atoms with Crippen molar-refractivity contribution in [2.75, 3.05) is 19.6 Å². The Kier molecular flexibility index (Phi) is 3.12. The predicted octanol–water partition coefficient (Wildman–Crippen LogP) is 1.96. The maximum atomic E-state index is 4.56. The zero-order chi connectivity index (χ0) is 12.6. The van der Waals surface area contributed by atoms with Crippen LogP contribution in [0.15, 0.2) is 18.3 Å². The molecule has 1 atom stereocenters. The standard InChI is InChI=1S/C15H23N3/c1-12-4-3-7-17-14(12)10-18-9-8-16-11-15(18,2)13-5-6-13/h3-4,7,13,16H,5-6,8-11H2,1-2H3. The molecule has 1 saturated heterocycles. The molecule has 1 unspecified atom stereocenters. The van der Waals surface area contributed by atoms with Gasteiger partial charge in [0.2, 0.25) is 0 Å². The lowest BCUT2D eigenvalue weighted by molar-refractivity contribution is 0.0471. The van der Waals surface area contributed by atoms with Crippen LogP contribution in [-0.2, 0) is 6.54 Å². The molecule has 2 heterocycles. The molecule has 2 fully saturated rings. The zero-order valence-corrected chi connectivity index (χ0v) is 11.4. The topological polar surface area (TPSA) is 28.2 Å². The molecule has 0 spiro atoms.